The van der Waals surface area contributed by atoms with E-state index in [1.54, 1.807) is 31.3 Å². The summed E-state index contributed by atoms with van der Waals surface area (Å²) in [7, 11) is 3.45. The van der Waals surface area contributed by atoms with Crippen molar-refractivity contribution in [3.63, 3.8) is 0 Å². The van der Waals surface area contributed by atoms with Crippen molar-refractivity contribution >= 4 is 39.2 Å². The molecule has 0 saturated heterocycles. The molecule has 2 aromatic heterocycles. The van der Waals surface area contributed by atoms with Crippen LogP contribution in [0.25, 0.3) is 5.65 Å². The van der Waals surface area contributed by atoms with E-state index in [1.807, 2.05) is 6.07 Å². The highest BCUT2D eigenvalue weighted by atomic mass is 79.9. The van der Waals surface area contributed by atoms with Gasteiger partial charge in [-0.05, 0) is 28.1 Å². The molecule has 106 valence electrons. The third-order valence-corrected chi connectivity index (χ3v) is 4.07. The number of rotatable bonds is 4. The predicted molar refractivity (Wildman–Crippen MR) is 84.0 cm³/mol. The van der Waals surface area contributed by atoms with Crippen molar-refractivity contribution in [2.75, 3.05) is 19.8 Å². The van der Waals surface area contributed by atoms with Crippen LogP contribution < -0.4 is 5.56 Å². The van der Waals surface area contributed by atoms with Crippen molar-refractivity contribution in [1.82, 2.24) is 14.3 Å². The molecule has 0 saturated carbocycles. The fraction of sp³-hybridized carbons (Fsp3) is 0.308. The maximum Gasteiger partial charge on any atom is 0.258 e. The number of pyridine rings is 1. The summed E-state index contributed by atoms with van der Waals surface area (Å²) in [6, 6.07) is 5.13. The number of hydrogen-bond donors (Lipinski definition) is 0. The maximum atomic E-state index is 12.0. The lowest BCUT2D eigenvalue weighted by molar-refractivity contribution is -0.125. The van der Waals surface area contributed by atoms with E-state index in [0.717, 1.165) is 4.47 Å². The summed E-state index contributed by atoms with van der Waals surface area (Å²) >= 11 is 4.77. The summed E-state index contributed by atoms with van der Waals surface area (Å²) < 4.78 is 2.32. The fourth-order valence-electron chi connectivity index (χ4n) is 1.57. The van der Waals surface area contributed by atoms with E-state index in [4.69, 9.17) is 0 Å². The van der Waals surface area contributed by atoms with E-state index >= 15 is 0 Å². The molecule has 5 nitrogen and oxygen atoms in total. The zero-order chi connectivity index (χ0) is 14.7. The van der Waals surface area contributed by atoms with Crippen molar-refractivity contribution in [2.45, 2.75) is 5.75 Å². The lowest BCUT2D eigenvalue weighted by Gasteiger charge is -2.09. The molecule has 0 bridgehead atoms. The molecule has 2 rings (SSSR count). The second-order valence-electron chi connectivity index (χ2n) is 4.44. The molecule has 20 heavy (non-hydrogen) atoms. The Morgan fingerprint density at radius 2 is 2.20 bits per heavy atom. The van der Waals surface area contributed by atoms with Crippen LogP contribution in [0.15, 0.2) is 33.7 Å². The van der Waals surface area contributed by atoms with Gasteiger partial charge in [0.25, 0.3) is 5.56 Å². The minimum atomic E-state index is -0.120. The molecule has 2 heterocycles. The molecule has 0 atom stereocenters. The highest BCUT2D eigenvalue weighted by Gasteiger charge is 2.06. The van der Waals surface area contributed by atoms with Crippen LogP contribution in [0, 0.1) is 0 Å². The first kappa shape index (κ1) is 15.1. The lowest BCUT2D eigenvalue weighted by atomic mass is 10.4. The van der Waals surface area contributed by atoms with Gasteiger partial charge in [0.15, 0.2) is 0 Å². The summed E-state index contributed by atoms with van der Waals surface area (Å²) in [5, 5.41) is 0. The second kappa shape index (κ2) is 6.41. The SMILES string of the molecule is CN(C)C(=O)CSCc1cc(=O)n2cc(Br)ccc2n1. The Kier molecular flexibility index (Phi) is 4.82. The van der Waals surface area contributed by atoms with Gasteiger partial charge in [0.05, 0.1) is 11.4 Å². The number of hydrogen-bond acceptors (Lipinski definition) is 4. The number of carbonyl (C=O) groups excluding carboxylic acids is 1. The van der Waals surface area contributed by atoms with Crippen LogP contribution >= 0.6 is 27.7 Å². The van der Waals surface area contributed by atoms with Gasteiger partial charge in [-0.3, -0.25) is 14.0 Å². The topological polar surface area (TPSA) is 54.7 Å². The van der Waals surface area contributed by atoms with E-state index in [-0.39, 0.29) is 11.5 Å². The largest absolute Gasteiger partial charge is 0.348 e. The van der Waals surface area contributed by atoms with Crippen molar-refractivity contribution in [3.8, 4) is 0 Å². The Morgan fingerprint density at radius 3 is 2.90 bits per heavy atom. The summed E-state index contributed by atoms with van der Waals surface area (Å²) in [6.07, 6.45) is 1.69. The number of carbonyl (C=O) groups is 1. The maximum absolute atomic E-state index is 12.0. The van der Waals surface area contributed by atoms with Gasteiger partial charge in [-0.1, -0.05) is 0 Å². The normalized spacial score (nSPS) is 10.8. The Labute approximate surface area is 129 Å². The highest BCUT2D eigenvalue weighted by Crippen LogP contribution is 2.12. The molecule has 0 aliphatic rings. The molecule has 1 amide bonds. The Bertz CT molecular complexity index is 700. The van der Waals surface area contributed by atoms with Crippen LogP contribution in [0.3, 0.4) is 0 Å². The smallest absolute Gasteiger partial charge is 0.258 e. The van der Waals surface area contributed by atoms with Gasteiger partial charge < -0.3 is 4.90 Å². The fourth-order valence-corrected chi connectivity index (χ4v) is 2.80. The van der Waals surface area contributed by atoms with Gasteiger partial charge in [-0.25, -0.2) is 4.98 Å². The number of nitrogens with zero attached hydrogens (tertiary/aromatic N) is 3. The van der Waals surface area contributed by atoms with Crippen LogP contribution in [0.2, 0.25) is 0 Å². The van der Waals surface area contributed by atoms with Crippen molar-refractivity contribution in [3.05, 3.63) is 44.9 Å². The molecule has 7 heteroatoms. The zero-order valence-corrected chi connectivity index (χ0v) is 13.6. The first-order valence-corrected chi connectivity index (χ1v) is 7.88. The van der Waals surface area contributed by atoms with E-state index in [1.165, 1.54) is 22.2 Å². The molecule has 0 aliphatic carbocycles. The van der Waals surface area contributed by atoms with Crippen LogP contribution in [0.4, 0.5) is 0 Å². The minimum absolute atomic E-state index is 0.0523. The van der Waals surface area contributed by atoms with Crippen molar-refractivity contribution in [1.29, 1.82) is 0 Å². The molecule has 0 unspecified atom stereocenters. The molecular weight excluding hydrogens is 342 g/mol. The number of thioether (sulfide) groups is 1. The van der Waals surface area contributed by atoms with Crippen LogP contribution in [0.1, 0.15) is 5.69 Å². The monoisotopic (exact) mass is 355 g/mol. The molecule has 0 spiro atoms. The third kappa shape index (κ3) is 3.61. The molecule has 0 N–H and O–H groups in total. The van der Waals surface area contributed by atoms with Gasteiger partial charge in [-0.15, -0.1) is 11.8 Å². The minimum Gasteiger partial charge on any atom is -0.348 e. The molecule has 0 aromatic carbocycles. The lowest BCUT2D eigenvalue weighted by Crippen LogP contribution is -2.23. The Balaban J connectivity index is 2.14. The Morgan fingerprint density at radius 1 is 1.45 bits per heavy atom. The summed E-state index contributed by atoms with van der Waals surface area (Å²) in [5.41, 5.74) is 1.18. The van der Waals surface area contributed by atoms with Gasteiger partial charge in [0.1, 0.15) is 5.65 Å². The quantitative estimate of drug-likeness (QED) is 0.838. The first-order valence-electron chi connectivity index (χ1n) is 5.93. The van der Waals surface area contributed by atoms with E-state index in [9.17, 15) is 9.59 Å². The molecule has 0 fully saturated rings. The third-order valence-electron chi connectivity index (χ3n) is 2.65. The predicted octanol–water partition coefficient (Wildman–Crippen LogP) is 1.78. The number of aromatic nitrogens is 2. The first-order chi connectivity index (χ1) is 9.47. The number of fused-ring (bicyclic) bond motifs is 1. The number of amides is 1. The average Bonchev–Trinajstić information content (AvgIpc) is 2.39. The number of halogens is 1. The highest BCUT2D eigenvalue weighted by molar-refractivity contribution is 9.10. The average molecular weight is 356 g/mol. The van der Waals surface area contributed by atoms with E-state index in [0.29, 0.717) is 22.8 Å². The van der Waals surface area contributed by atoms with Gasteiger partial charge >= 0.3 is 0 Å². The van der Waals surface area contributed by atoms with Gasteiger partial charge in [0.2, 0.25) is 5.91 Å². The van der Waals surface area contributed by atoms with Gasteiger partial charge in [0, 0.05) is 36.6 Å². The molecule has 2 aromatic rings. The molecule has 0 aliphatic heterocycles. The zero-order valence-electron chi connectivity index (χ0n) is 11.2. The molecule has 0 radical (unpaired) electrons. The van der Waals surface area contributed by atoms with Gasteiger partial charge in [-0.2, -0.15) is 0 Å². The second-order valence-corrected chi connectivity index (χ2v) is 6.34. The van der Waals surface area contributed by atoms with Crippen LogP contribution in [0.5, 0.6) is 0 Å². The molecular formula is C13H14BrN3O2S. The summed E-state index contributed by atoms with van der Waals surface area (Å²) in [4.78, 5) is 29.4. The summed E-state index contributed by atoms with van der Waals surface area (Å²) in [6.45, 7) is 0. The van der Waals surface area contributed by atoms with E-state index in [2.05, 4.69) is 20.9 Å². The Hall–Kier alpha value is -1.34. The standard InChI is InChI=1S/C13H14BrN3O2S/c1-16(2)13(19)8-20-7-10-5-12(18)17-6-9(14)3-4-11(17)15-10/h3-6H,7-8H2,1-2H3. The van der Waals surface area contributed by atoms with Crippen LogP contribution in [-0.2, 0) is 10.5 Å². The summed E-state index contributed by atoms with van der Waals surface area (Å²) in [5.74, 6) is 0.979. The van der Waals surface area contributed by atoms with Crippen LogP contribution in [-0.4, -0.2) is 40.0 Å². The van der Waals surface area contributed by atoms with Crippen molar-refractivity contribution in [2.24, 2.45) is 0 Å². The van der Waals surface area contributed by atoms with Crippen molar-refractivity contribution < 1.29 is 4.79 Å². The van der Waals surface area contributed by atoms with E-state index < -0.39 is 0 Å².